The fourth-order valence-electron chi connectivity index (χ4n) is 4.61. The lowest BCUT2D eigenvalue weighted by Gasteiger charge is -2.46. The van der Waals surface area contributed by atoms with Gasteiger partial charge in [0.15, 0.2) is 0 Å². The minimum atomic E-state index is 0.00824. The first-order valence-corrected chi connectivity index (χ1v) is 10.6. The molecule has 2 aliphatic carbocycles. The van der Waals surface area contributed by atoms with E-state index in [4.69, 9.17) is 0 Å². The van der Waals surface area contributed by atoms with Gasteiger partial charge in [0, 0.05) is 56.1 Å². The number of nitrogens with zero attached hydrogens (tertiary/aromatic N) is 3. The van der Waals surface area contributed by atoms with Gasteiger partial charge in [0.05, 0.1) is 0 Å². The molecule has 148 valence electrons. The Morgan fingerprint density at radius 3 is 2.74 bits per heavy atom. The zero-order chi connectivity index (χ0) is 18.6. The van der Waals surface area contributed by atoms with Gasteiger partial charge in [-0.05, 0) is 44.2 Å². The summed E-state index contributed by atoms with van der Waals surface area (Å²) in [5.74, 6) is 0.888. The van der Waals surface area contributed by atoms with Crippen molar-refractivity contribution in [2.45, 2.75) is 69.5 Å². The SMILES string of the molecule is O=C(NC1CC1)c1ccnc(N2CCN(C3CCCCC3)C(CCO)C2)c1. The Kier molecular flexibility index (Phi) is 5.93. The van der Waals surface area contributed by atoms with Crippen LogP contribution < -0.4 is 10.2 Å². The first-order chi connectivity index (χ1) is 13.2. The van der Waals surface area contributed by atoms with E-state index in [0.717, 1.165) is 44.7 Å². The number of carbonyl (C=O) groups is 1. The summed E-state index contributed by atoms with van der Waals surface area (Å²) in [6.45, 7) is 3.03. The number of pyridine rings is 1. The number of aromatic nitrogens is 1. The molecular weight excluding hydrogens is 340 g/mol. The Bertz CT molecular complexity index is 643. The molecule has 1 aromatic rings. The minimum Gasteiger partial charge on any atom is -0.396 e. The molecule has 3 fully saturated rings. The molecule has 27 heavy (non-hydrogen) atoms. The van der Waals surface area contributed by atoms with Crippen molar-refractivity contribution in [2.24, 2.45) is 0 Å². The number of aliphatic hydroxyl groups excluding tert-OH is 1. The number of amides is 1. The highest BCUT2D eigenvalue weighted by molar-refractivity contribution is 5.95. The van der Waals surface area contributed by atoms with E-state index in [1.54, 1.807) is 12.3 Å². The normalized spacial score (nSPS) is 24.8. The van der Waals surface area contributed by atoms with Gasteiger partial charge in [0.1, 0.15) is 5.82 Å². The van der Waals surface area contributed by atoms with Crippen LogP contribution in [-0.2, 0) is 0 Å². The summed E-state index contributed by atoms with van der Waals surface area (Å²) < 4.78 is 0. The fraction of sp³-hybridized carbons (Fsp3) is 0.714. The highest BCUT2D eigenvalue weighted by Gasteiger charge is 2.33. The molecule has 0 radical (unpaired) electrons. The molecule has 6 nitrogen and oxygen atoms in total. The van der Waals surface area contributed by atoms with Gasteiger partial charge in [-0.15, -0.1) is 0 Å². The number of piperazine rings is 1. The topological polar surface area (TPSA) is 68.7 Å². The van der Waals surface area contributed by atoms with E-state index in [1.165, 1.54) is 32.1 Å². The molecule has 3 aliphatic rings. The number of carbonyl (C=O) groups excluding carboxylic acids is 1. The standard InChI is InChI=1S/C21H32N4O2/c26-13-9-19-15-24(11-12-25(19)18-4-2-1-3-5-18)20-14-16(8-10-22-20)21(27)23-17-6-7-17/h8,10,14,17-19,26H,1-7,9,11-13,15H2,(H,23,27). The van der Waals surface area contributed by atoms with E-state index in [1.807, 2.05) is 6.07 Å². The van der Waals surface area contributed by atoms with Gasteiger partial charge in [-0.1, -0.05) is 19.3 Å². The van der Waals surface area contributed by atoms with Gasteiger partial charge in [-0.3, -0.25) is 9.69 Å². The van der Waals surface area contributed by atoms with Gasteiger partial charge >= 0.3 is 0 Å². The summed E-state index contributed by atoms with van der Waals surface area (Å²) in [7, 11) is 0. The number of nitrogens with one attached hydrogen (secondary N) is 1. The first kappa shape index (κ1) is 18.7. The number of anilines is 1. The van der Waals surface area contributed by atoms with Crippen molar-refractivity contribution >= 4 is 11.7 Å². The number of hydrogen-bond donors (Lipinski definition) is 2. The van der Waals surface area contributed by atoms with E-state index in [9.17, 15) is 9.90 Å². The zero-order valence-corrected chi connectivity index (χ0v) is 16.1. The molecular formula is C21H32N4O2. The van der Waals surface area contributed by atoms with Crippen molar-refractivity contribution in [3.63, 3.8) is 0 Å². The summed E-state index contributed by atoms with van der Waals surface area (Å²) >= 11 is 0. The molecule has 1 aromatic heterocycles. The summed E-state index contributed by atoms with van der Waals surface area (Å²) in [5, 5.41) is 12.6. The predicted octanol–water partition coefficient (Wildman–Crippen LogP) is 2.18. The van der Waals surface area contributed by atoms with Crippen LogP contribution in [0.15, 0.2) is 18.3 Å². The number of aliphatic hydroxyl groups is 1. The average Bonchev–Trinajstić information content (AvgIpc) is 3.53. The largest absolute Gasteiger partial charge is 0.396 e. The average molecular weight is 373 g/mol. The maximum atomic E-state index is 12.4. The third-order valence-corrected chi connectivity index (χ3v) is 6.28. The molecule has 0 bridgehead atoms. The lowest BCUT2D eigenvalue weighted by Crippen LogP contribution is -2.57. The monoisotopic (exact) mass is 372 g/mol. The van der Waals surface area contributed by atoms with Crippen LogP contribution >= 0.6 is 0 Å². The van der Waals surface area contributed by atoms with Crippen molar-refractivity contribution in [3.05, 3.63) is 23.9 Å². The van der Waals surface area contributed by atoms with Gasteiger partial charge in [0.2, 0.25) is 0 Å². The van der Waals surface area contributed by atoms with Gasteiger partial charge < -0.3 is 15.3 Å². The van der Waals surface area contributed by atoms with E-state index >= 15 is 0 Å². The van der Waals surface area contributed by atoms with Crippen molar-refractivity contribution in [1.82, 2.24) is 15.2 Å². The van der Waals surface area contributed by atoms with Crippen molar-refractivity contribution in [2.75, 3.05) is 31.1 Å². The van der Waals surface area contributed by atoms with Crippen LogP contribution in [0.2, 0.25) is 0 Å². The van der Waals surface area contributed by atoms with E-state index in [0.29, 0.717) is 23.7 Å². The molecule has 2 saturated carbocycles. The smallest absolute Gasteiger partial charge is 0.251 e. The van der Waals surface area contributed by atoms with Crippen LogP contribution in [0.1, 0.15) is 61.7 Å². The molecule has 1 aliphatic heterocycles. The molecule has 1 amide bonds. The van der Waals surface area contributed by atoms with Crippen molar-refractivity contribution < 1.29 is 9.90 Å². The predicted molar refractivity (Wildman–Crippen MR) is 106 cm³/mol. The van der Waals surface area contributed by atoms with Crippen molar-refractivity contribution in [1.29, 1.82) is 0 Å². The van der Waals surface area contributed by atoms with Crippen LogP contribution in [0.25, 0.3) is 0 Å². The third kappa shape index (κ3) is 4.61. The lowest BCUT2D eigenvalue weighted by molar-refractivity contribution is 0.0756. The van der Waals surface area contributed by atoms with Crippen LogP contribution in [0, 0.1) is 0 Å². The van der Waals surface area contributed by atoms with E-state index in [2.05, 4.69) is 20.1 Å². The Hall–Kier alpha value is -1.66. The van der Waals surface area contributed by atoms with Crippen LogP contribution in [0.4, 0.5) is 5.82 Å². The maximum Gasteiger partial charge on any atom is 0.251 e. The molecule has 0 aromatic carbocycles. The van der Waals surface area contributed by atoms with Gasteiger partial charge in [-0.25, -0.2) is 4.98 Å². The van der Waals surface area contributed by atoms with Gasteiger partial charge in [0.25, 0.3) is 5.91 Å². The minimum absolute atomic E-state index is 0.00824. The summed E-state index contributed by atoms with van der Waals surface area (Å²) in [5.41, 5.74) is 0.695. The molecule has 0 spiro atoms. The number of hydrogen-bond acceptors (Lipinski definition) is 5. The molecule has 4 rings (SSSR count). The molecule has 1 atom stereocenters. The number of rotatable bonds is 6. The zero-order valence-electron chi connectivity index (χ0n) is 16.1. The first-order valence-electron chi connectivity index (χ1n) is 10.6. The highest BCUT2D eigenvalue weighted by atomic mass is 16.3. The molecule has 1 unspecified atom stereocenters. The third-order valence-electron chi connectivity index (χ3n) is 6.28. The Morgan fingerprint density at radius 2 is 2.00 bits per heavy atom. The van der Waals surface area contributed by atoms with Crippen LogP contribution in [0.3, 0.4) is 0 Å². The molecule has 1 saturated heterocycles. The second-order valence-corrected chi connectivity index (χ2v) is 8.29. The van der Waals surface area contributed by atoms with Gasteiger partial charge in [-0.2, -0.15) is 0 Å². The lowest BCUT2D eigenvalue weighted by atomic mass is 9.92. The second-order valence-electron chi connectivity index (χ2n) is 8.29. The van der Waals surface area contributed by atoms with Crippen molar-refractivity contribution in [3.8, 4) is 0 Å². The summed E-state index contributed by atoms with van der Waals surface area (Å²) in [6, 6.07) is 5.11. The van der Waals surface area contributed by atoms with Crippen LogP contribution in [-0.4, -0.2) is 65.3 Å². The summed E-state index contributed by atoms with van der Waals surface area (Å²) in [4.78, 5) is 21.8. The Labute approximate surface area is 161 Å². The van der Waals surface area contributed by atoms with E-state index < -0.39 is 0 Å². The Balaban J connectivity index is 1.44. The quantitative estimate of drug-likeness (QED) is 0.801. The second kappa shape index (κ2) is 8.57. The summed E-state index contributed by atoms with van der Waals surface area (Å²) in [6.07, 6.45) is 11.3. The fourth-order valence-corrected chi connectivity index (χ4v) is 4.61. The van der Waals surface area contributed by atoms with E-state index in [-0.39, 0.29) is 12.5 Å². The Morgan fingerprint density at radius 1 is 1.19 bits per heavy atom. The van der Waals surface area contributed by atoms with Crippen LogP contribution in [0.5, 0.6) is 0 Å². The maximum absolute atomic E-state index is 12.4. The molecule has 6 heteroatoms. The molecule has 2 heterocycles. The molecule has 2 N–H and O–H groups in total. The highest BCUT2D eigenvalue weighted by Crippen LogP contribution is 2.28.